The second kappa shape index (κ2) is 6.60. The highest BCUT2D eigenvalue weighted by molar-refractivity contribution is 5.85. The quantitative estimate of drug-likeness (QED) is 0.652. The van der Waals surface area contributed by atoms with Gasteiger partial charge in [0.15, 0.2) is 5.78 Å². The summed E-state index contributed by atoms with van der Waals surface area (Å²) in [7, 11) is 0. The molecule has 0 aromatic rings. The van der Waals surface area contributed by atoms with E-state index in [9.17, 15) is 9.59 Å². The average molecular weight is 188 g/mol. The molecule has 1 N–H and O–H groups in total. The van der Waals surface area contributed by atoms with Gasteiger partial charge >= 0.3 is 5.97 Å². The smallest absolute Gasteiger partial charge is 0.303 e. The van der Waals surface area contributed by atoms with E-state index in [-0.39, 0.29) is 18.6 Å². The fourth-order valence-electron chi connectivity index (χ4n) is 1.03. The SMILES string of the molecule is CCOC(CC)C(=O)CCC(=O)O. The molecular weight excluding hydrogens is 172 g/mol. The molecule has 1 atom stereocenters. The third-order valence-electron chi connectivity index (χ3n) is 1.68. The number of aliphatic carboxylic acids is 1. The minimum atomic E-state index is -0.945. The number of hydrogen-bond donors (Lipinski definition) is 1. The summed E-state index contributed by atoms with van der Waals surface area (Å²) >= 11 is 0. The van der Waals surface area contributed by atoms with Crippen LogP contribution in [0.4, 0.5) is 0 Å². The number of ketones is 1. The Morgan fingerprint density at radius 3 is 2.31 bits per heavy atom. The summed E-state index contributed by atoms with van der Waals surface area (Å²) in [5.41, 5.74) is 0. The van der Waals surface area contributed by atoms with Crippen LogP contribution in [0.5, 0.6) is 0 Å². The number of carbonyl (C=O) groups excluding carboxylic acids is 1. The van der Waals surface area contributed by atoms with Crippen molar-refractivity contribution in [3.05, 3.63) is 0 Å². The Bertz CT molecular complexity index is 176. The third-order valence-corrected chi connectivity index (χ3v) is 1.68. The second-order valence-corrected chi connectivity index (χ2v) is 2.71. The zero-order chi connectivity index (χ0) is 10.3. The molecular formula is C9H16O4. The second-order valence-electron chi connectivity index (χ2n) is 2.71. The van der Waals surface area contributed by atoms with Crippen LogP contribution in [-0.4, -0.2) is 29.6 Å². The minimum Gasteiger partial charge on any atom is -0.481 e. The van der Waals surface area contributed by atoms with Gasteiger partial charge in [0, 0.05) is 13.0 Å². The van der Waals surface area contributed by atoms with Crippen LogP contribution < -0.4 is 0 Å². The van der Waals surface area contributed by atoms with E-state index in [4.69, 9.17) is 9.84 Å². The maximum Gasteiger partial charge on any atom is 0.303 e. The standard InChI is InChI=1S/C9H16O4/c1-3-8(13-4-2)7(10)5-6-9(11)12/h8H,3-6H2,1-2H3,(H,11,12). The van der Waals surface area contributed by atoms with Crippen LogP contribution in [0.3, 0.4) is 0 Å². The van der Waals surface area contributed by atoms with E-state index in [1.165, 1.54) is 0 Å². The Morgan fingerprint density at radius 1 is 1.31 bits per heavy atom. The van der Waals surface area contributed by atoms with Gasteiger partial charge in [-0.25, -0.2) is 0 Å². The molecule has 0 spiro atoms. The lowest BCUT2D eigenvalue weighted by Gasteiger charge is -2.12. The summed E-state index contributed by atoms with van der Waals surface area (Å²) in [5, 5.41) is 8.35. The maximum absolute atomic E-state index is 11.3. The molecule has 0 amide bonds. The van der Waals surface area contributed by atoms with Crippen molar-refractivity contribution in [2.24, 2.45) is 0 Å². The molecule has 0 fully saturated rings. The van der Waals surface area contributed by atoms with E-state index in [0.29, 0.717) is 13.0 Å². The van der Waals surface area contributed by atoms with Gasteiger partial charge in [0.25, 0.3) is 0 Å². The summed E-state index contributed by atoms with van der Waals surface area (Å²) in [6, 6.07) is 0. The predicted octanol–water partition coefficient (Wildman–Crippen LogP) is 1.24. The number of Topliss-reactive ketones (excluding diaryl/α,β-unsaturated/α-hetero) is 1. The molecule has 13 heavy (non-hydrogen) atoms. The Morgan fingerprint density at radius 2 is 1.92 bits per heavy atom. The van der Waals surface area contributed by atoms with E-state index in [2.05, 4.69) is 0 Å². The van der Waals surface area contributed by atoms with Gasteiger partial charge in [-0.3, -0.25) is 9.59 Å². The molecule has 0 aliphatic rings. The van der Waals surface area contributed by atoms with Gasteiger partial charge < -0.3 is 9.84 Å². The Labute approximate surface area is 77.9 Å². The molecule has 0 saturated heterocycles. The lowest BCUT2D eigenvalue weighted by molar-refractivity contribution is -0.140. The number of carboxylic acid groups (broad SMARTS) is 1. The van der Waals surface area contributed by atoms with Crippen molar-refractivity contribution in [1.29, 1.82) is 0 Å². The monoisotopic (exact) mass is 188 g/mol. The molecule has 0 heterocycles. The third kappa shape index (κ3) is 5.36. The van der Waals surface area contributed by atoms with Gasteiger partial charge in [-0.05, 0) is 13.3 Å². The maximum atomic E-state index is 11.3. The van der Waals surface area contributed by atoms with Crippen LogP contribution in [0.25, 0.3) is 0 Å². The highest BCUT2D eigenvalue weighted by atomic mass is 16.5. The molecule has 0 aromatic carbocycles. The van der Waals surface area contributed by atoms with Crippen molar-refractivity contribution < 1.29 is 19.4 Å². The fraction of sp³-hybridized carbons (Fsp3) is 0.778. The Hall–Kier alpha value is -0.900. The first-order valence-electron chi connectivity index (χ1n) is 4.47. The van der Waals surface area contributed by atoms with Gasteiger partial charge in [-0.2, -0.15) is 0 Å². The summed E-state index contributed by atoms with van der Waals surface area (Å²) < 4.78 is 5.14. The van der Waals surface area contributed by atoms with Crippen molar-refractivity contribution in [2.45, 2.75) is 39.2 Å². The molecule has 0 aliphatic heterocycles. The van der Waals surface area contributed by atoms with E-state index in [1.54, 1.807) is 0 Å². The zero-order valence-electron chi connectivity index (χ0n) is 8.08. The number of carbonyl (C=O) groups is 2. The van der Waals surface area contributed by atoms with E-state index < -0.39 is 12.1 Å². The summed E-state index contributed by atoms with van der Waals surface area (Å²) in [6.45, 7) is 4.14. The molecule has 76 valence electrons. The fourth-order valence-corrected chi connectivity index (χ4v) is 1.03. The highest BCUT2D eigenvalue weighted by Gasteiger charge is 2.16. The minimum absolute atomic E-state index is 0.0633. The van der Waals surface area contributed by atoms with Crippen LogP contribution in [0.2, 0.25) is 0 Å². The number of ether oxygens (including phenoxy) is 1. The van der Waals surface area contributed by atoms with Crippen LogP contribution in [0, 0.1) is 0 Å². The number of hydrogen-bond acceptors (Lipinski definition) is 3. The summed E-state index contributed by atoms with van der Waals surface area (Å²) in [5.74, 6) is -1.06. The largest absolute Gasteiger partial charge is 0.481 e. The van der Waals surface area contributed by atoms with Gasteiger partial charge in [0.1, 0.15) is 6.10 Å². The molecule has 0 aliphatic carbocycles. The van der Waals surface area contributed by atoms with Crippen molar-refractivity contribution in [1.82, 2.24) is 0 Å². The van der Waals surface area contributed by atoms with E-state index in [1.807, 2.05) is 13.8 Å². The average Bonchev–Trinajstić information content (AvgIpc) is 2.10. The van der Waals surface area contributed by atoms with Crippen LogP contribution in [0.1, 0.15) is 33.1 Å². The number of carboxylic acids is 1. The lowest BCUT2D eigenvalue weighted by atomic mass is 10.1. The highest BCUT2D eigenvalue weighted by Crippen LogP contribution is 2.04. The first-order valence-corrected chi connectivity index (χ1v) is 4.47. The molecule has 4 heteroatoms. The topological polar surface area (TPSA) is 63.6 Å². The van der Waals surface area contributed by atoms with Gasteiger partial charge in [0.05, 0.1) is 6.42 Å². The van der Waals surface area contributed by atoms with Crippen molar-refractivity contribution in [3.8, 4) is 0 Å². The number of rotatable bonds is 7. The van der Waals surface area contributed by atoms with Crippen molar-refractivity contribution in [3.63, 3.8) is 0 Å². The molecule has 0 saturated carbocycles. The predicted molar refractivity (Wildman–Crippen MR) is 47.6 cm³/mol. The molecule has 4 nitrogen and oxygen atoms in total. The molecule has 1 unspecified atom stereocenters. The van der Waals surface area contributed by atoms with Gasteiger partial charge in [-0.1, -0.05) is 6.92 Å². The van der Waals surface area contributed by atoms with Gasteiger partial charge in [0.2, 0.25) is 0 Å². The molecule has 0 bridgehead atoms. The lowest BCUT2D eigenvalue weighted by Crippen LogP contribution is -2.24. The first-order chi connectivity index (χ1) is 6.11. The molecule has 0 rings (SSSR count). The van der Waals surface area contributed by atoms with Crippen molar-refractivity contribution >= 4 is 11.8 Å². The van der Waals surface area contributed by atoms with Crippen LogP contribution in [0.15, 0.2) is 0 Å². The summed E-state index contributed by atoms with van der Waals surface area (Å²) in [4.78, 5) is 21.5. The first kappa shape index (κ1) is 12.1. The Kier molecular flexibility index (Phi) is 6.14. The van der Waals surface area contributed by atoms with E-state index in [0.717, 1.165) is 0 Å². The molecule has 0 radical (unpaired) electrons. The van der Waals surface area contributed by atoms with Crippen LogP contribution >= 0.6 is 0 Å². The Balaban J connectivity index is 3.84. The van der Waals surface area contributed by atoms with E-state index >= 15 is 0 Å². The van der Waals surface area contributed by atoms with Crippen molar-refractivity contribution in [2.75, 3.05) is 6.61 Å². The molecule has 0 aromatic heterocycles. The summed E-state index contributed by atoms with van der Waals surface area (Å²) in [6.07, 6.45) is 0.132. The normalized spacial score (nSPS) is 12.5. The van der Waals surface area contributed by atoms with Crippen LogP contribution in [-0.2, 0) is 14.3 Å². The zero-order valence-corrected chi connectivity index (χ0v) is 8.08. The van der Waals surface area contributed by atoms with Gasteiger partial charge in [-0.15, -0.1) is 0 Å².